The lowest BCUT2D eigenvalue weighted by atomic mass is 9.63. The SMILES string of the molecule is C=C/C=C\c1nc([B]c2ccc([B]c3ccnc([B]c4ccccc4)n3)cc2)[nH]c1C. The van der Waals surface area contributed by atoms with Crippen LogP contribution in [0.5, 0.6) is 0 Å². The van der Waals surface area contributed by atoms with Gasteiger partial charge < -0.3 is 4.98 Å². The Morgan fingerprint density at radius 1 is 0.839 bits per heavy atom. The minimum absolute atomic E-state index is 0.694. The van der Waals surface area contributed by atoms with Crippen LogP contribution in [0.4, 0.5) is 0 Å². The number of allylic oxidation sites excluding steroid dienone is 2. The van der Waals surface area contributed by atoms with Crippen LogP contribution in [0.25, 0.3) is 6.08 Å². The van der Waals surface area contributed by atoms with Crippen molar-refractivity contribution >= 4 is 61.3 Å². The Morgan fingerprint density at radius 3 is 2.29 bits per heavy atom. The van der Waals surface area contributed by atoms with E-state index in [1.807, 2.05) is 77.3 Å². The third-order valence-corrected chi connectivity index (χ3v) is 4.68. The maximum absolute atomic E-state index is 4.63. The van der Waals surface area contributed by atoms with Crippen LogP contribution < -0.4 is 33.4 Å². The number of aromatic amines is 1. The number of aryl methyl sites for hydroxylation is 1. The normalized spacial score (nSPS) is 10.7. The van der Waals surface area contributed by atoms with E-state index in [2.05, 4.69) is 50.8 Å². The van der Waals surface area contributed by atoms with E-state index in [0.29, 0.717) is 5.72 Å². The van der Waals surface area contributed by atoms with Crippen molar-refractivity contribution in [2.75, 3.05) is 0 Å². The summed E-state index contributed by atoms with van der Waals surface area (Å²) in [5, 5.41) is 0. The number of H-pyrrole nitrogens is 1. The summed E-state index contributed by atoms with van der Waals surface area (Å²) in [6.07, 6.45) is 7.35. The number of rotatable bonds is 8. The summed E-state index contributed by atoms with van der Waals surface area (Å²) in [5.41, 5.74) is 7.57. The van der Waals surface area contributed by atoms with Gasteiger partial charge in [-0.05, 0) is 19.1 Å². The molecule has 7 heteroatoms. The topological polar surface area (TPSA) is 54.5 Å². The van der Waals surface area contributed by atoms with Crippen molar-refractivity contribution in [1.29, 1.82) is 0 Å². The van der Waals surface area contributed by atoms with Gasteiger partial charge in [0.25, 0.3) is 0 Å². The number of nitrogens with zero attached hydrogens (tertiary/aromatic N) is 3. The molecule has 0 aliphatic carbocycles. The van der Waals surface area contributed by atoms with Gasteiger partial charge in [-0.2, -0.15) is 0 Å². The molecule has 31 heavy (non-hydrogen) atoms. The molecule has 0 aliphatic heterocycles. The van der Waals surface area contributed by atoms with Crippen molar-refractivity contribution in [1.82, 2.24) is 19.9 Å². The van der Waals surface area contributed by atoms with Gasteiger partial charge in [-0.25, -0.2) is 4.98 Å². The summed E-state index contributed by atoms with van der Waals surface area (Å²) in [6.45, 7) is 5.71. The lowest BCUT2D eigenvalue weighted by Crippen LogP contribution is -2.40. The van der Waals surface area contributed by atoms with Crippen LogP contribution in [-0.4, -0.2) is 41.8 Å². The van der Waals surface area contributed by atoms with E-state index < -0.39 is 0 Å². The smallest absolute Gasteiger partial charge is 0.243 e. The molecule has 0 unspecified atom stereocenters. The molecule has 2 aromatic heterocycles. The minimum atomic E-state index is 0.694. The van der Waals surface area contributed by atoms with Gasteiger partial charge in [0.2, 0.25) is 21.8 Å². The highest BCUT2D eigenvalue weighted by Gasteiger charge is 2.09. The van der Waals surface area contributed by atoms with Crippen molar-refractivity contribution < 1.29 is 0 Å². The maximum atomic E-state index is 4.63. The number of hydrogen-bond acceptors (Lipinski definition) is 3. The second-order valence-corrected chi connectivity index (χ2v) is 7.08. The molecular weight excluding hydrogens is 377 g/mol. The molecule has 145 valence electrons. The summed E-state index contributed by atoms with van der Waals surface area (Å²) >= 11 is 0. The van der Waals surface area contributed by atoms with Gasteiger partial charge in [-0.3, -0.25) is 9.97 Å². The Hall–Kier alpha value is -3.60. The lowest BCUT2D eigenvalue weighted by Gasteiger charge is -2.04. The van der Waals surface area contributed by atoms with Crippen LogP contribution in [0.1, 0.15) is 11.4 Å². The van der Waals surface area contributed by atoms with Gasteiger partial charge >= 0.3 is 0 Å². The Kier molecular flexibility index (Phi) is 6.63. The van der Waals surface area contributed by atoms with Crippen molar-refractivity contribution in [3.63, 3.8) is 0 Å². The first-order valence-corrected chi connectivity index (χ1v) is 10.1. The Labute approximate surface area is 185 Å². The zero-order valence-corrected chi connectivity index (χ0v) is 17.4. The van der Waals surface area contributed by atoms with E-state index in [4.69, 9.17) is 0 Å². The molecule has 3 radical (unpaired) electrons. The standard InChI is InChI=1S/C24H20B3N4/c1-3-4-10-21-17(2)29-24(30-21)27-20-13-11-19(12-14-20)25-22-15-16-28-23(31-22)26-18-8-6-5-7-9-18/h3-16H,1H2,2H3,(H,29,30)/b10-4-. The summed E-state index contributed by atoms with van der Waals surface area (Å²) in [5.74, 6) is 0. The second-order valence-electron chi connectivity index (χ2n) is 7.08. The zero-order chi connectivity index (χ0) is 21.5. The molecular formula is C24H20B3N4. The highest BCUT2D eigenvalue weighted by Crippen LogP contribution is 2.01. The fraction of sp³-hybridized carbons (Fsp3) is 0.0417. The zero-order valence-electron chi connectivity index (χ0n) is 17.4. The molecule has 1 N–H and O–H groups in total. The molecule has 0 amide bonds. The predicted octanol–water partition coefficient (Wildman–Crippen LogP) is -0.328. The first kappa shape index (κ1) is 20.7. The summed E-state index contributed by atoms with van der Waals surface area (Å²) < 4.78 is 0. The fourth-order valence-electron chi connectivity index (χ4n) is 3.14. The van der Waals surface area contributed by atoms with Gasteiger partial charge in [-0.15, -0.1) is 0 Å². The van der Waals surface area contributed by atoms with Crippen LogP contribution >= 0.6 is 0 Å². The lowest BCUT2D eigenvalue weighted by molar-refractivity contribution is 1.27. The van der Waals surface area contributed by atoms with Crippen molar-refractivity contribution in [2.45, 2.75) is 6.92 Å². The fourth-order valence-corrected chi connectivity index (χ4v) is 3.14. The van der Waals surface area contributed by atoms with Gasteiger partial charge in [0, 0.05) is 17.5 Å². The van der Waals surface area contributed by atoms with Crippen LogP contribution in [0.3, 0.4) is 0 Å². The first-order chi connectivity index (χ1) is 15.2. The minimum Gasteiger partial charge on any atom is -0.354 e. The molecule has 0 fully saturated rings. The van der Waals surface area contributed by atoms with Crippen LogP contribution in [0, 0.1) is 6.92 Å². The monoisotopic (exact) mass is 397 g/mol. The quantitative estimate of drug-likeness (QED) is 0.328. The molecule has 0 saturated carbocycles. The van der Waals surface area contributed by atoms with E-state index in [1.54, 1.807) is 12.3 Å². The number of imidazole rings is 1. The maximum Gasteiger partial charge on any atom is 0.243 e. The molecule has 0 spiro atoms. The van der Waals surface area contributed by atoms with Crippen LogP contribution in [-0.2, 0) is 0 Å². The Morgan fingerprint density at radius 2 is 1.55 bits per heavy atom. The highest BCUT2D eigenvalue weighted by molar-refractivity contribution is 6.69. The van der Waals surface area contributed by atoms with E-state index in [1.165, 1.54) is 0 Å². The van der Waals surface area contributed by atoms with E-state index in [0.717, 1.165) is 39.1 Å². The number of hydrogen-bond donors (Lipinski definition) is 1. The number of benzene rings is 2. The van der Waals surface area contributed by atoms with Crippen molar-refractivity contribution in [3.05, 3.63) is 97.0 Å². The third kappa shape index (κ3) is 5.73. The molecule has 2 heterocycles. The van der Waals surface area contributed by atoms with E-state index in [9.17, 15) is 0 Å². The molecule has 0 saturated heterocycles. The molecule has 4 aromatic rings. The predicted molar refractivity (Wildman–Crippen MR) is 133 cm³/mol. The molecule has 4 nitrogen and oxygen atoms in total. The van der Waals surface area contributed by atoms with Gasteiger partial charge in [0.15, 0.2) is 0 Å². The summed E-state index contributed by atoms with van der Waals surface area (Å²) in [6, 6.07) is 20.3. The first-order valence-electron chi connectivity index (χ1n) is 10.1. The number of nitrogens with one attached hydrogen (secondary N) is 1. The molecule has 4 rings (SSSR count). The van der Waals surface area contributed by atoms with Crippen molar-refractivity contribution in [3.8, 4) is 0 Å². The average Bonchev–Trinajstić information content (AvgIpc) is 3.13. The highest BCUT2D eigenvalue weighted by atomic mass is 14.9. The van der Waals surface area contributed by atoms with E-state index in [-0.39, 0.29) is 0 Å². The van der Waals surface area contributed by atoms with Gasteiger partial charge in [0.1, 0.15) is 0 Å². The third-order valence-electron chi connectivity index (χ3n) is 4.68. The van der Waals surface area contributed by atoms with Gasteiger partial charge in [-0.1, -0.05) is 89.7 Å². The van der Waals surface area contributed by atoms with Crippen LogP contribution in [0.2, 0.25) is 0 Å². The van der Waals surface area contributed by atoms with Crippen LogP contribution in [0.15, 0.2) is 85.6 Å². The molecule has 0 atom stereocenters. The summed E-state index contributed by atoms with van der Waals surface area (Å²) in [7, 11) is 6.04. The Balaban J connectivity index is 1.40. The van der Waals surface area contributed by atoms with Crippen molar-refractivity contribution in [2.24, 2.45) is 0 Å². The van der Waals surface area contributed by atoms with E-state index >= 15 is 0 Å². The number of aromatic nitrogens is 4. The largest absolute Gasteiger partial charge is 0.354 e. The second kappa shape index (κ2) is 9.94. The molecule has 0 bridgehead atoms. The average molecular weight is 397 g/mol. The Bertz CT molecular complexity index is 1190. The molecule has 2 aromatic carbocycles. The molecule has 0 aliphatic rings. The summed E-state index contributed by atoms with van der Waals surface area (Å²) in [4.78, 5) is 16.9. The van der Waals surface area contributed by atoms with Gasteiger partial charge in [0.05, 0.1) is 17.1 Å².